The van der Waals surface area contributed by atoms with Gasteiger partial charge in [0.15, 0.2) is 0 Å². The van der Waals surface area contributed by atoms with Gasteiger partial charge in [0.2, 0.25) is 0 Å². The summed E-state index contributed by atoms with van der Waals surface area (Å²) < 4.78 is 4.63. The van der Waals surface area contributed by atoms with Gasteiger partial charge in [-0.2, -0.15) is 0 Å². The Bertz CT molecular complexity index is 2920. The van der Waals surface area contributed by atoms with Crippen LogP contribution in [0.4, 0.5) is 0 Å². The summed E-state index contributed by atoms with van der Waals surface area (Å²) in [5.41, 5.74) is 0. The van der Waals surface area contributed by atoms with Crippen molar-refractivity contribution in [2.45, 2.75) is 0 Å². The van der Waals surface area contributed by atoms with E-state index < -0.39 is 0 Å². The van der Waals surface area contributed by atoms with Gasteiger partial charge in [-0.15, -0.1) is 0 Å². The first-order valence-electron chi connectivity index (χ1n) is 17.1. The molecule has 0 aliphatic heterocycles. The van der Waals surface area contributed by atoms with Crippen LogP contribution in [-0.2, 0) is 0 Å². The molecule has 12 aromatic rings. The molecule has 0 radical (unpaired) electrons. The molecule has 0 aromatic heterocycles. The minimum atomic E-state index is 1.16. The van der Waals surface area contributed by atoms with Gasteiger partial charge in [-0.3, -0.25) is 0 Å². The molecule has 0 saturated heterocycles. The molecule has 0 fully saturated rings. The van der Waals surface area contributed by atoms with Crippen LogP contribution in [0.25, 0.3) is 97.0 Å². The van der Waals surface area contributed by atoms with Crippen molar-refractivity contribution in [3.8, 4) is 0 Å². The number of benzene rings is 12. The average Bonchev–Trinajstić information content (AvgIpc) is 3.19. The lowest BCUT2D eigenvalue weighted by molar-refractivity contribution is 1.73. The minimum absolute atomic E-state index is 1.16. The van der Waals surface area contributed by atoms with Crippen molar-refractivity contribution in [1.29, 1.82) is 0 Å². The maximum Gasteiger partial charge on any atom is 0.0254 e. The van der Waals surface area contributed by atoms with E-state index in [0.29, 0.717) is 0 Å². The highest BCUT2D eigenvalue weighted by atomic mass is 79.9. The van der Waals surface area contributed by atoms with Gasteiger partial charge in [0, 0.05) is 17.9 Å². The molecule has 52 heavy (non-hydrogen) atoms. The molecule has 0 atom stereocenters. The quantitative estimate of drug-likeness (QED) is 0.133. The van der Waals surface area contributed by atoms with Gasteiger partial charge in [0.1, 0.15) is 0 Å². The predicted molar refractivity (Wildman–Crippen MR) is 241 cm³/mol. The molecule has 0 heterocycles. The molecule has 0 spiro atoms. The number of rotatable bonds is 0. The Hall–Kier alpha value is -4.32. The summed E-state index contributed by atoms with van der Waals surface area (Å²) in [5, 5.41) is 23.8. The highest BCUT2D eigenvalue weighted by Gasteiger charge is 2.13. The number of hydrogen-bond donors (Lipinski definition) is 0. The summed E-state index contributed by atoms with van der Waals surface area (Å²) in [7, 11) is 0. The Morgan fingerprint density at radius 2 is 0.385 bits per heavy atom. The van der Waals surface area contributed by atoms with Crippen molar-refractivity contribution in [1.82, 2.24) is 0 Å². The standard InChI is InChI=1S/2C16H8Br2.C16H10/c17-13-8-4-10-2-6-12-14(18)7-3-9-1-5-11(13)16(10)15(9)12;17-13-7-3-9-1-2-10-4-8-14(18)12-6-5-11(13)15(9)16(10)12;1-3-11-7-9-13-5-2-6-14-10-8-12(4-1)15(11)16(13)14/h2*1-8H;1-10H. The van der Waals surface area contributed by atoms with E-state index in [4.69, 9.17) is 0 Å². The Balaban J connectivity index is 0.0000000978. The molecule has 0 bridgehead atoms. The number of hydrogen-bond acceptors (Lipinski definition) is 0. The van der Waals surface area contributed by atoms with Gasteiger partial charge in [-0.25, -0.2) is 0 Å². The molecular weight excluding hydrogens is 896 g/mol. The highest BCUT2D eigenvalue weighted by molar-refractivity contribution is 9.11. The van der Waals surface area contributed by atoms with E-state index in [1.54, 1.807) is 0 Å². The van der Waals surface area contributed by atoms with E-state index in [1.807, 2.05) is 0 Å². The lowest BCUT2D eigenvalue weighted by atomic mass is 9.94. The lowest BCUT2D eigenvalue weighted by Crippen LogP contribution is -1.85. The van der Waals surface area contributed by atoms with Gasteiger partial charge < -0.3 is 0 Å². The first-order valence-corrected chi connectivity index (χ1v) is 20.3. The van der Waals surface area contributed by atoms with Crippen molar-refractivity contribution in [3.63, 3.8) is 0 Å². The molecule has 0 unspecified atom stereocenters. The van der Waals surface area contributed by atoms with Crippen LogP contribution in [0.15, 0.2) is 176 Å². The number of halogens is 4. The molecule has 0 aliphatic rings. The smallest absolute Gasteiger partial charge is 0.0254 e. The Labute approximate surface area is 333 Å². The first-order chi connectivity index (χ1) is 25.4. The van der Waals surface area contributed by atoms with Crippen molar-refractivity contribution in [2.75, 3.05) is 0 Å². The van der Waals surface area contributed by atoms with E-state index in [0.717, 1.165) is 17.9 Å². The molecule has 0 aliphatic carbocycles. The van der Waals surface area contributed by atoms with Crippen LogP contribution >= 0.6 is 63.7 Å². The van der Waals surface area contributed by atoms with E-state index in [1.165, 1.54) is 97.0 Å². The zero-order valence-corrected chi connectivity index (χ0v) is 33.9. The molecule has 0 saturated carbocycles. The zero-order valence-electron chi connectivity index (χ0n) is 27.5. The molecular formula is C48H26Br4. The average molecular weight is 922 g/mol. The van der Waals surface area contributed by atoms with E-state index in [9.17, 15) is 0 Å². The Kier molecular flexibility index (Phi) is 7.88. The Morgan fingerprint density at radius 1 is 0.192 bits per heavy atom. The summed E-state index contributed by atoms with van der Waals surface area (Å²) in [4.78, 5) is 0. The maximum absolute atomic E-state index is 3.65. The normalized spacial score (nSPS) is 11.8. The summed E-state index contributed by atoms with van der Waals surface area (Å²) in [6, 6.07) is 56.6. The Morgan fingerprint density at radius 3 is 0.654 bits per heavy atom. The van der Waals surface area contributed by atoms with Crippen molar-refractivity contribution >= 4 is 161 Å². The van der Waals surface area contributed by atoms with Crippen LogP contribution in [0.2, 0.25) is 0 Å². The fraction of sp³-hybridized carbons (Fsp3) is 0. The van der Waals surface area contributed by atoms with Crippen LogP contribution in [0.1, 0.15) is 0 Å². The van der Waals surface area contributed by atoms with E-state index >= 15 is 0 Å². The van der Waals surface area contributed by atoms with Crippen molar-refractivity contribution in [3.05, 3.63) is 176 Å². The predicted octanol–water partition coefficient (Wildman–Crippen LogP) is 16.8. The van der Waals surface area contributed by atoms with Crippen LogP contribution in [0.3, 0.4) is 0 Å². The third-order valence-electron chi connectivity index (χ3n) is 10.5. The molecule has 0 amide bonds. The third-order valence-corrected chi connectivity index (χ3v) is 13.3. The molecule has 246 valence electrons. The maximum atomic E-state index is 3.65. The van der Waals surface area contributed by atoms with Crippen molar-refractivity contribution < 1.29 is 0 Å². The molecule has 0 N–H and O–H groups in total. The topological polar surface area (TPSA) is 0 Å². The largest absolute Gasteiger partial charge is 0.0610 e. The molecule has 4 heteroatoms. The van der Waals surface area contributed by atoms with Crippen LogP contribution < -0.4 is 0 Å². The van der Waals surface area contributed by atoms with Gasteiger partial charge in [-0.05, 0) is 121 Å². The minimum Gasteiger partial charge on any atom is -0.0610 e. The van der Waals surface area contributed by atoms with Crippen molar-refractivity contribution in [2.24, 2.45) is 0 Å². The molecule has 12 aromatic carbocycles. The van der Waals surface area contributed by atoms with E-state index in [-0.39, 0.29) is 0 Å². The lowest BCUT2D eigenvalue weighted by Gasteiger charge is -2.12. The summed E-state index contributed by atoms with van der Waals surface area (Å²) in [5.74, 6) is 0. The summed E-state index contributed by atoms with van der Waals surface area (Å²) in [6.45, 7) is 0. The second-order valence-corrected chi connectivity index (χ2v) is 16.7. The monoisotopic (exact) mass is 918 g/mol. The first kappa shape index (κ1) is 32.3. The second kappa shape index (κ2) is 12.7. The summed E-state index contributed by atoms with van der Waals surface area (Å²) >= 11 is 14.6. The van der Waals surface area contributed by atoms with E-state index in [2.05, 4.69) is 221 Å². The molecule has 12 rings (SSSR count). The van der Waals surface area contributed by atoms with Gasteiger partial charge in [-0.1, -0.05) is 197 Å². The van der Waals surface area contributed by atoms with Crippen LogP contribution in [0, 0.1) is 0 Å². The van der Waals surface area contributed by atoms with Gasteiger partial charge in [0.25, 0.3) is 0 Å². The second-order valence-electron chi connectivity index (χ2n) is 13.3. The van der Waals surface area contributed by atoms with Gasteiger partial charge in [0.05, 0.1) is 0 Å². The fourth-order valence-electron chi connectivity index (χ4n) is 8.13. The molecule has 0 nitrogen and oxygen atoms in total. The van der Waals surface area contributed by atoms with Crippen LogP contribution in [-0.4, -0.2) is 0 Å². The fourth-order valence-corrected chi connectivity index (χ4v) is 9.98. The van der Waals surface area contributed by atoms with Crippen LogP contribution in [0.5, 0.6) is 0 Å². The highest BCUT2D eigenvalue weighted by Crippen LogP contribution is 2.41. The zero-order chi connectivity index (χ0) is 35.1. The SMILES string of the molecule is Brc1ccc2ccc3c(Br)ccc4ccc1c2c43.Brc1ccc2ccc3ccc(Br)c4ccc1c2c34.c1cc2ccc3cccc4ccc(c1)c2c34. The van der Waals surface area contributed by atoms with Gasteiger partial charge >= 0.3 is 0 Å². The third kappa shape index (κ3) is 5.10. The summed E-state index contributed by atoms with van der Waals surface area (Å²) in [6.07, 6.45) is 0.